The maximum atomic E-state index is 5.75. The van der Waals surface area contributed by atoms with Crippen LogP contribution in [-0.2, 0) is 0 Å². The first kappa shape index (κ1) is 9.71. The van der Waals surface area contributed by atoms with Crippen molar-refractivity contribution in [1.29, 1.82) is 0 Å². The third kappa shape index (κ3) is 2.15. The van der Waals surface area contributed by atoms with Gasteiger partial charge >= 0.3 is 0 Å². The van der Waals surface area contributed by atoms with Crippen molar-refractivity contribution in [2.45, 2.75) is 19.8 Å². The molecule has 2 rings (SSSR count). The molecule has 0 saturated carbocycles. The van der Waals surface area contributed by atoms with E-state index >= 15 is 0 Å². The van der Waals surface area contributed by atoms with Gasteiger partial charge in [0.05, 0.1) is 0 Å². The molecular formula is C10H14ClN3. The predicted octanol–water partition coefficient (Wildman–Crippen LogP) is 2.37. The Hall–Kier alpha value is -0.830. The normalized spacial score (nSPS) is 22.4. The second-order valence-corrected chi connectivity index (χ2v) is 4.22. The van der Waals surface area contributed by atoms with Crippen LogP contribution < -0.4 is 4.90 Å². The molecule has 4 heteroatoms. The van der Waals surface area contributed by atoms with Crippen LogP contribution in [0.2, 0.25) is 5.28 Å². The number of hydrogen-bond acceptors (Lipinski definition) is 3. The molecule has 2 heterocycles. The van der Waals surface area contributed by atoms with Gasteiger partial charge in [0, 0.05) is 19.3 Å². The van der Waals surface area contributed by atoms with Gasteiger partial charge in [-0.15, -0.1) is 0 Å². The molecule has 1 aliphatic rings. The molecule has 76 valence electrons. The Labute approximate surface area is 89.1 Å². The van der Waals surface area contributed by atoms with E-state index in [9.17, 15) is 0 Å². The van der Waals surface area contributed by atoms with Crippen LogP contribution in [-0.4, -0.2) is 23.1 Å². The topological polar surface area (TPSA) is 29.0 Å². The zero-order valence-corrected chi connectivity index (χ0v) is 9.04. The molecule has 0 spiro atoms. The minimum absolute atomic E-state index is 0.334. The molecular weight excluding hydrogens is 198 g/mol. The highest BCUT2D eigenvalue weighted by molar-refractivity contribution is 6.28. The number of anilines is 1. The summed E-state index contributed by atoms with van der Waals surface area (Å²) in [7, 11) is 0. The van der Waals surface area contributed by atoms with E-state index in [1.165, 1.54) is 12.8 Å². The van der Waals surface area contributed by atoms with E-state index in [-0.39, 0.29) is 0 Å². The summed E-state index contributed by atoms with van der Waals surface area (Å²) >= 11 is 5.75. The third-order valence-electron chi connectivity index (χ3n) is 2.59. The molecule has 1 atom stereocenters. The van der Waals surface area contributed by atoms with E-state index in [1.807, 2.05) is 6.07 Å². The van der Waals surface area contributed by atoms with E-state index in [4.69, 9.17) is 11.6 Å². The van der Waals surface area contributed by atoms with Crippen LogP contribution in [0.5, 0.6) is 0 Å². The van der Waals surface area contributed by atoms with Crippen LogP contribution in [0.3, 0.4) is 0 Å². The number of hydrogen-bond donors (Lipinski definition) is 0. The first-order valence-electron chi connectivity index (χ1n) is 4.99. The Morgan fingerprint density at radius 3 is 3.14 bits per heavy atom. The van der Waals surface area contributed by atoms with Gasteiger partial charge in [0.25, 0.3) is 0 Å². The fourth-order valence-electron chi connectivity index (χ4n) is 1.90. The summed E-state index contributed by atoms with van der Waals surface area (Å²) in [6, 6.07) is 1.92. The van der Waals surface area contributed by atoms with Gasteiger partial charge in [-0.25, -0.2) is 9.97 Å². The van der Waals surface area contributed by atoms with E-state index in [1.54, 1.807) is 6.20 Å². The minimum atomic E-state index is 0.334. The van der Waals surface area contributed by atoms with Gasteiger partial charge in [0.15, 0.2) is 0 Å². The highest BCUT2D eigenvalue weighted by atomic mass is 35.5. The Morgan fingerprint density at radius 1 is 1.57 bits per heavy atom. The highest BCUT2D eigenvalue weighted by Gasteiger charge is 2.17. The van der Waals surface area contributed by atoms with Crippen LogP contribution in [0.4, 0.5) is 5.82 Å². The van der Waals surface area contributed by atoms with Crippen LogP contribution >= 0.6 is 11.6 Å². The van der Waals surface area contributed by atoms with E-state index in [0.29, 0.717) is 5.28 Å². The minimum Gasteiger partial charge on any atom is -0.356 e. The first-order chi connectivity index (χ1) is 6.75. The largest absolute Gasteiger partial charge is 0.356 e. The van der Waals surface area contributed by atoms with Gasteiger partial charge in [-0.1, -0.05) is 6.92 Å². The Bertz CT molecular complexity index is 316. The van der Waals surface area contributed by atoms with E-state index < -0.39 is 0 Å². The lowest BCUT2D eigenvalue weighted by Crippen LogP contribution is -2.34. The average Bonchev–Trinajstić information content (AvgIpc) is 2.18. The zero-order valence-electron chi connectivity index (χ0n) is 8.28. The molecule has 0 amide bonds. The summed E-state index contributed by atoms with van der Waals surface area (Å²) in [6.07, 6.45) is 4.27. The van der Waals surface area contributed by atoms with Crippen molar-refractivity contribution in [3.05, 3.63) is 17.5 Å². The fourth-order valence-corrected chi connectivity index (χ4v) is 2.04. The molecule has 1 aliphatic heterocycles. The van der Waals surface area contributed by atoms with Crippen molar-refractivity contribution in [2.75, 3.05) is 18.0 Å². The molecule has 0 radical (unpaired) electrons. The predicted molar refractivity (Wildman–Crippen MR) is 57.7 cm³/mol. The SMILES string of the molecule is C[C@H]1CCCN(c2ccnc(Cl)n2)C1. The Morgan fingerprint density at radius 2 is 2.43 bits per heavy atom. The van der Waals surface area contributed by atoms with Crippen molar-refractivity contribution in [1.82, 2.24) is 9.97 Å². The van der Waals surface area contributed by atoms with E-state index in [0.717, 1.165) is 24.8 Å². The number of aromatic nitrogens is 2. The second kappa shape index (κ2) is 4.13. The molecule has 14 heavy (non-hydrogen) atoms. The molecule has 1 fully saturated rings. The number of halogens is 1. The van der Waals surface area contributed by atoms with Crippen LogP contribution in [0, 0.1) is 5.92 Å². The summed E-state index contributed by atoms with van der Waals surface area (Å²) in [6.45, 7) is 4.43. The maximum Gasteiger partial charge on any atom is 0.224 e. The fraction of sp³-hybridized carbons (Fsp3) is 0.600. The van der Waals surface area contributed by atoms with Gasteiger partial charge < -0.3 is 4.90 Å². The second-order valence-electron chi connectivity index (χ2n) is 3.88. The Balaban J connectivity index is 2.14. The average molecular weight is 212 g/mol. The lowest BCUT2D eigenvalue weighted by molar-refractivity contribution is 0.444. The van der Waals surface area contributed by atoms with Gasteiger partial charge in [0.2, 0.25) is 5.28 Å². The lowest BCUT2D eigenvalue weighted by atomic mass is 10.0. The first-order valence-corrected chi connectivity index (χ1v) is 5.37. The van der Waals surface area contributed by atoms with Gasteiger partial charge in [-0.3, -0.25) is 0 Å². The van der Waals surface area contributed by atoms with Crippen molar-refractivity contribution in [2.24, 2.45) is 5.92 Å². The van der Waals surface area contributed by atoms with Crippen molar-refractivity contribution < 1.29 is 0 Å². The summed E-state index contributed by atoms with van der Waals surface area (Å²) in [4.78, 5) is 10.4. The molecule has 0 aliphatic carbocycles. The van der Waals surface area contributed by atoms with Crippen molar-refractivity contribution >= 4 is 17.4 Å². The summed E-state index contributed by atoms with van der Waals surface area (Å²) in [5.41, 5.74) is 0. The molecule has 1 saturated heterocycles. The molecule has 0 unspecified atom stereocenters. The number of rotatable bonds is 1. The van der Waals surface area contributed by atoms with Crippen molar-refractivity contribution in [3.8, 4) is 0 Å². The van der Waals surface area contributed by atoms with E-state index in [2.05, 4.69) is 21.8 Å². The quantitative estimate of drug-likeness (QED) is 0.668. The van der Waals surface area contributed by atoms with Crippen LogP contribution in [0.15, 0.2) is 12.3 Å². The van der Waals surface area contributed by atoms with Crippen LogP contribution in [0.1, 0.15) is 19.8 Å². The smallest absolute Gasteiger partial charge is 0.224 e. The summed E-state index contributed by atoms with van der Waals surface area (Å²) in [5.74, 6) is 1.70. The zero-order chi connectivity index (χ0) is 9.97. The molecule has 0 aromatic carbocycles. The summed E-state index contributed by atoms with van der Waals surface area (Å²) < 4.78 is 0. The lowest BCUT2D eigenvalue weighted by Gasteiger charge is -2.31. The van der Waals surface area contributed by atoms with Gasteiger partial charge in [0.1, 0.15) is 5.82 Å². The van der Waals surface area contributed by atoms with Crippen molar-refractivity contribution in [3.63, 3.8) is 0 Å². The Kier molecular flexibility index (Phi) is 2.87. The molecule has 1 aromatic heterocycles. The van der Waals surface area contributed by atoms with Gasteiger partial charge in [-0.05, 0) is 36.4 Å². The molecule has 0 bridgehead atoms. The molecule has 0 N–H and O–H groups in total. The van der Waals surface area contributed by atoms with Crippen LogP contribution in [0.25, 0.3) is 0 Å². The third-order valence-corrected chi connectivity index (χ3v) is 2.77. The molecule has 1 aromatic rings. The van der Waals surface area contributed by atoms with Gasteiger partial charge in [-0.2, -0.15) is 0 Å². The molecule has 3 nitrogen and oxygen atoms in total. The standard InChI is InChI=1S/C10H14ClN3/c1-8-3-2-6-14(7-8)9-4-5-12-10(11)13-9/h4-5,8H,2-3,6-7H2,1H3/t8-/m0/s1. The summed E-state index contributed by atoms with van der Waals surface area (Å²) in [5, 5.41) is 0.334. The highest BCUT2D eigenvalue weighted by Crippen LogP contribution is 2.21. The maximum absolute atomic E-state index is 5.75. The monoisotopic (exact) mass is 211 g/mol. The number of piperidine rings is 1. The number of nitrogens with zero attached hydrogens (tertiary/aromatic N) is 3.